The van der Waals surface area contributed by atoms with Crippen LogP contribution in [0.3, 0.4) is 0 Å². The lowest BCUT2D eigenvalue weighted by Gasteiger charge is -2.28. The molecule has 1 N–H and O–H groups in total. The molecule has 0 fully saturated rings. The number of fused-ring (bicyclic) bond motifs is 1. The van der Waals surface area contributed by atoms with Gasteiger partial charge >= 0.3 is 0 Å². The van der Waals surface area contributed by atoms with E-state index in [4.69, 9.17) is 9.47 Å². The van der Waals surface area contributed by atoms with Crippen molar-refractivity contribution in [1.82, 2.24) is 0 Å². The summed E-state index contributed by atoms with van der Waals surface area (Å²) in [6.45, 7) is 10.5. The molecule has 0 spiro atoms. The van der Waals surface area contributed by atoms with E-state index in [1.54, 1.807) is 0 Å². The number of ether oxygens (including phenoxy) is 2. The van der Waals surface area contributed by atoms with E-state index < -0.39 is 5.60 Å². The second-order valence-corrected chi connectivity index (χ2v) is 7.40. The number of hydrogen-bond donors (Lipinski definition) is 1. The standard InChI is InChI=1S/C23H33NO3/c1-6-8-11-16-23(5,26-7-2)22(25)24-20-14-15-21(27-17(3)4)19-13-10-9-12-18(19)20/h9-10,12-15,17H,6-8,11,16H2,1-5H3,(H,24,25)/t23-/m0/s1. The van der Waals surface area contributed by atoms with E-state index in [1.807, 2.05) is 64.1 Å². The van der Waals surface area contributed by atoms with E-state index in [1.165, 1.54) is 0 Å². The summed E-state index contributed by atoms with van der Waals surface area (Å²) in [6.07, 6.45) is 4.00. The van der Waals surface area contributed by atoms with E-state index in [9.17, 15) is 4.79 Å². The van der Waals surface area contributed by atoms with Crippen LogP contribution in [0.2, 0.25) is 0 Å². The zero-order valence-electron chi connectivity index (χ0n) is 17.3. The predicted octanol–water partition coefficient (Wildman–Crippen LogP) is 5.94. The SMILES string of the molecule is CCCCC[C@](C)(OCC)C(=O)Nc1ccc(OC(C)C)c2ccccc12. The van der Waals surface area contributed by atoms with E-state index in [0.717, 1.165) is 41.5 Å². The molecule has 0 bridgehead atoms. The van der Waals surface area contributed by atoms with Gasteiger partial charge in [0.15, 0.2) is 0 Å². The number of amides is 1. The monoisotopic (exact) mass is 371 g/mol. The van der Waals surface area contributed by atoms with Gasteiger partial charge in [-0.2, -0.15) is 0 Å². The van der Waals surface area contributed by atoms with Gasteiger partial charge in [0, 0.05) is 23.1 Å². The van der Waals surface area contributed by atoms with Crippen LogP contribution in [0.1, 0.15) is 60.3 Å². The van der Waals surface area contributed by atoms with E-state index in [2.05, 4.69) is 12.2 Å². The van der Waals surface area contributed by atoms with E-state index in [0.29, 0.717) is 13.0 Å². The Kier molecular flexibility index (Phi) is 7.66. The van der Waals surface area contributed by atoms with Gasteiger partial charge in [-0.25, -0.2) is 0 Å². The third kappa shape index (κ3) is 5.46. The molecule has 0 aromatic heterocycles. The Morgan fingerprint density at radius 1 is 1.07 bits per heavy atom. The average Bonchev–Trinajstić information content (AvgIpc) is 2.63. The lowest BCUT2D eigenvalue weighted by Crippen LogP contribution is -2.42. The molecule has 1 amide bonds. The molecule has 2 aromatic rings. The van der Waals surface area contributed by atoms with E-state index >= 15 is 0 Å². The molecule has 2 rings (SSSR count). The van der Waals surface area contributed by atoms with Crippen molar-refractivity contribution in [2.24, 2.45) is 0 Å². The second kappa shape index (κ2) is 9.75. The highest BCUT2D eigenvalue weighted by molar-refractivity contribution is 6.06. The highest BCUT2D eigenvalue weighted by Crippen LogP contribution is 2.33. The zero-order valence-corrected chi connectivity index (χ0v) is 17.3. The molecule has 2 aromatic carbocycles. The fourth-order valence-corrected chi connectivity index (χ4v) is 3.27. The van der Waals surface area contributed by atoms with Gasteiger partial charge < -0.3 is 14.8 Å². The van der Waals surface area contributed by atoms with Crippen LogP contribution in [0.4, 0.5) is 5.69 Å². The highest BCUT2D eigenvalue weighted by Gasteiger charge is 2.33. The maximum Gasteiger partial charge on any atom is 0.256 e. The number of anilines is 1. The maximum absolute atomic E-state index is 13.1. The topological polar surface area (TPSA) is 47.6 Å². The normalized spacial score (nSPS) is 13.6. The minimum atomic E-state index is -0.821. The summed E-state index contributed by atoms with van der Waals surface area (Å²) in [5.41, 5.74) is -0.0360. The highest BCUT2D eigenvalue weighted by atomic mass is 16.5. The molecule has 0 saturated carbocycles. The van der Waals surface area contributed by atoms with Gasteiger partial charge in [0.2, 0.25) is 0 Å². The van der Waals surface area contributed by atoms with Gasteiger partial charge in [0.25, 0.3) is 5.91 Å². The van der Waals surface area contributed by atoms with Crippen LogP contribution in [0, 0.1) is 0 Å². The molecule has 0 aliphatic rings. The van der Waals surface area contributed by atoms with Crippen LogP contribution in [-0.4, -0.2) is 24.2 Å². The first kappa shape index (κ1) is 21.2. The number of hydrogen-bond acceptors (Lipinski definition) is 3. The van der Waals surface area contributed by atoms with Crippen molar-refractivity contribution in [3.63, 3.8) is 0 Å². The predicted molar refractivity (Wildman–Crippen MR) is 113 cm³/mol. The summed E-state index contributed by atoms with van der Waals surface area (Å²) in [4.78, 5) is 13.1. The Bertz CT molecular complexity index is 756. The van der Waals surface area contributed by atoms with Crippen LogP contribution in [-0.2, 0) is 9.53 Å². The molecule has 27 heavy (non-hydrogen) atoms. The molecule has 0 heterocycles. The number of rotatable bonds is 10. The van der Waals surface area contributed by atoms with Gasteiger partial charge in [0.05, 0.1) is 6.10 Å². The van der Waals surface area contributed by atoms with Crippen molar-refractivity contribution < 1.29 is 14.3 Å². The number of carbonyl (C=O) groups excluding carboxylic acids is 1. The smallest absolute Gasteiger partial charge is 0.256 e. The molecule has 0 saturated heterocycles. The molecule has 148 valence electrons. The average molecular weight is 372 g/mol. The van der Waals surface area contributed by atoms with Crippen molar-refractivity contribution in [1.29, 1.82) is 0 Å². The number of benzene rings is 2. The quantitative estimate of drug-likeness (QED) is 0.526. The first-order chi connectivity index (χ1) is 12.9. The van der Waals surface area contributed by atoms with Crippen LogP contribution >= 0.6 is 0 Å². The summed E-state index contributed by atoms with van der Waals surface area (Å²) in [5, 5.41) is 5.06. The third-order valence-electron chi connectivity index (χ3n) is 4.70. The summed E-state index contributed by atoms with van der Waals surface area (Å²) in [6, 6.07) is 11.8. The fourth-order valence-electron chi connectivity index (χ4n) is 3.27. The zero-order chi connectivity index (χ0) is 19.9. The van der Waals surface area contributed by atoms with Gasteiger partial charge in [-0.3, -0.25) is 4.79 Å². The molecular weight excluding hydrogens is 338 g/mol. The molecule has 0 aliphatic carbocycles. The summed E-state index contributed by atoms with van der Waals surface area (Å²) in [5.74, 6) is 0.734. The third-order valence-corrected chi connectivity index (χ3v) is 4.70. The first-order valence-corrected chi connectivity index (χ1v) is 10.0. The van der Waals surface area contributed by atoms with Crippen LogP contribution < -0.4 is 10.1 Å². The van der Waals surface area contributed by atoms with Crippen molar-refractivity contribution in [2.75, 3.05) is 11.9 Å². The van der Waals surface area contributed by atoms with E-state index in [-0.39, 0.29) is 12.0 Å². The number of nitrogens with one attached hydrogen (secondary N) is 1. The first-order valence-electron chi connectivity index (χ1n) is 10.0. The van der Waals surface area contributed by atoms with Crippen LogP contribution in [0.5, 0.6) is 5.75 Å². The fraction of sp³-hybridized carbons (Fsp3) is 0.522. The Labute approximate surface area is 163 Å². The lowest BCUT2D eigenvalue weighted by atomic mass is 9.96. The second-order valence-electron chi connectivity index (χ2n) is 7.40. The van der Waals surface area contributed by atoms with Gasteiger partial charge in [-0.15, -0.1) is 0 Å². The van der Waals surface area contributed by atoms with Crippen LogP contribution in [0.25, 0.3) is 10.8 Å². The van der Waals surface area contributed by atoms with Gasteiger partial charge in [-0.05, 0) is 46.2 Å². The Hall–Kier alpha value is -2.07. The Morgan fingerprint density at radius 3 is 2.41 bits per heavy atom. The minimum Gasteiger partial charge on any atom is -0.490 e. The summed E-state index contributed by atoms with van der Waals surface area (Å²) < 4.78 is 11.8. The molecule has 4 heteroatoms. The number of carbonyl (C=O) groups is 1. The van der Waals surface area contributed by atoms with Gasteiger partial charge in [-0.1, -0.05) is 50.5 Å². The van der Waals surface area contributed by atoms with Crippen molar-refractivity contribution in [2.45, 2.75) is 72.0 Å². The molecule has 0 aliphatic heterocycles. The lowest BCUT2D eigenvalue weighted by molar-refractivity contribution is -0.139. The van der Waals surface area contributed by atoms with Gasteiger partial charge in [0.1, 0.15) is 11.4 Å². The summed E-state index contributed by atoms with van der Waals surface area (Å²) >= 11 is 0. The largest absolute Gasteiger partial charge is 0.490 e. The maximum atomic E-state index is 13.1. The number of unbranched alkanes of at least 4 members (excludes halogenated alkanes) is 2. The minimum absolute atomic E-state index is 0.0914. The van der Waals surface area contributed by atoms with Crippen LogP contribution in [0.15, 0.2) is 36.4 Å². The summed E-state index contributed by atoms with van der Waals surface area (Å²) in [7, 11) is 0. The molecule has 0 unspecified atom stereocenters. The van der Waals surface area contributed by atoms with Crippen molar-refractivity contribution in [3.05, 3.63) is 36.4 Å². The molecule has 4 nitrogen and oxygen atoms in total. The van der Waals surface area contributed by atoms with Crippen molar-refractivity contribution >= 4 is 22.4 Å². The molecule has 1 atom stereocenters. The molecular formula is C23H33NO3. The van der Waals surface area contributed by atoms with Crippen molar-refractivity contribution in [3.8, 4) is 5.75 Å². The Morgan fingerprint density at radius 2 is 1.78 bits per heavy atom. The molecule has 0 radical (unpaired) electrons. The Balaban J connectivity index is 2.29.